The molecule has 0 bridgehead atoms. The van der Waals surface area contributed by atoms with Gasteiger partial charge < -0.3 is 4.98 Å². The highest BCUT2D eigenvalue weighted by molar-refractivity contribution is 6.21. The highest BCUT2D eigenvalue weighted by atomic mass is 16.1. The smallest absolute Gasteiger partial charge is 0.190 e. The van der Waals surface area contributed by atoms with Gasteiger partial charge in [-0.3, -0.25) is 9.59 Å². The summed E-state index contributed by atoms with van der Waals surface area (Å²) in [5.74, 6) is -2.33. The van der Waals surface area contributed by atoms with E-state index in [1.54, 1.807) is 13.0 Å². The molecule has 1 unspecified atom stereocenters. The lowest BCUT2D eigenvalue weighted by molar-refractivity contribution is -0.115. The number of carbonyl (C=O) groups is 2. The predicted octanol–water partition coefficient (Wildman–Crippen LogP) is 4.08. The van der Waals surface area contributed by atoms with Gasteiger partial charge in [-0.05, 0) is 24.6 Å². The Bertz CT molecular complexity index is 1010. The molecule has 0 aliphatic heterocycles. The summed E-state index contributed by atoms with van der Waals surface area (Å²) in [5, 5.41) is 10.1. The van der Waals surface area contributed by atoms with Crippen LogP contribution >= 0.6 is 0 Å². The molecule has 2 aromatic carbocycles. The van der Waals surface area contributed by atoms with Gasteiger partial charge in [-0.2, -0.15) is 5.26 Å². The van der Waals surface area contributed by atoms with Crippen LogP contribution in [-0.2, 0) is 4.79 Å². The zero-order valence-corrected chi connectivity index (χ0v) is 13.7. The van der Waals surface area contributed by atoms with Gasteiger partial charge in [0.25, 0.3) is 0 Å². The first kappa shape index (κ1) is 16.4. The molecule has 0 aliphatic rings. The number of allylic oxidation sites excluding steroid dienone is 1. The summed E-state index contributed by atoms with van der Waals surface area (Å²) in [4.78, 5) is 28.3. The van der Waals surface area contributed by atoms with E-state index in [2.05, 4.69) is 4.98 Å². The third-order valence-corrected chi connectivity index (χ3v) is 4.06. The van der Waals surface area contributed by atoms with Gasteiger partial charge in [-0.1, -0.05) is 54.6 Å². The Morgan fingerprint density at radius 3 is 2.48 bits per heavy atom. The maximum atomic E-state index is 12.8. The molecule has 1 N–H and O–H groups in total. The quantitative estimate of drug-likeness (QED) is 0.436. The molecule has 3 rings (SSSR count). The zero-order valence-electron chi connectivity index (χ0n) is 13.7. The number of nitriles is 1. The molecule has 0 saturated carbocycles. The number of hydrogen-bond acceptors (Lipinski definition) is 3. The van der Waals surface area contributed by atoms with Crippen LogP contribution in [0.15, 0.2) is 60.7 Å². The summed E-state index contributed by atoms with van der Waals surface area (Å²) >= 11 is 0. The molecule has 0 radical (unpaired) electrons. The first-order valence-corrected chi connectivity index (χ1v) is 7.90. The number of aromatic nitrogens is 1. The number of fused-ring (bicyclic) bond motifs is 1. The second-order valence-corrected chi connectivity index (χ2v) is 5.74. The molecule has 0 aliphatic carbocycles. The topological polar surface area (TPSA) is 73.7 Å². The SMILES string of the molecule is Cc1[nH]c2ccccc2c1C(=O)C(C#N)C(=O)/C=C/c1ccccc1. The average molecular weight is 328 g/mol. The third-order valence-electron chi connectivity index (χ3n) is 4.06. The highest BCUT2D eigenvalue weighted by Gasteiger charge is 2.29. The number of ketones is 2. The van der Waals surface area contributed by atoms with E-state index in [1.807, 2.05) is 60.7 Å². The number of nitrogens with one attached hydrogen (secondary N) is 1. The number of para-hydroxylation sites is 1. The lowest BCUT2D eigenvalue weighted by Gasteiger charge is -2.05. The summed E-state index contributed by atoms with van der Waals surface area (Å²) in [7, 11) is 0. The van der Waals surface area contributed by atoms with Gasteiger partial charge >= 0.3 is 0 Å². The molecule has 0 fully saturated rings. The Morgan fingerprint density at radius 1 is 1.08 bits per heavy atom. The summed E-state index contributed by atoms with van der Waals surface area (Å²) in [6.07, 6.45) is 2.91. The van der Waals surface area contributed by atoms with Gasteiger partial charge in [-0.25, -0.2) is 0 Å². The van der Waals surface area contributed by atoms with Crippen LogP contribution in [0.25, 0.3) is 17.0 Å². The number of rotatable bonds is 5. The fourth-order valence-corrected chi connectivity index (χ4v) is 2.83. The standard InChI is InChI=1S/C21H16N2O2/c1-14-20(16-9-5-6-10-18(16)23-14)21(25)17(13-22)19(24)12-11-15-7-3-2-4-8-15/h2-12,17,23H,1H3/b12-11+. The van der Waals surface area contributed by atoms with E-state index in [1.165, 1.54) is 6.08 Å². The van der Waals surface area contributed by atoms with Crippen molar-refractivity contribution in [2.45, 2.75) is 6.92 Å². The number of H-pyrrole nitrogens is 1. The van der Waals surface area contributed by atoms with E-state index >= 15 is 0 Å². The Balaban J connectivity index is 1.91. The third kappa shape index (κ3) is 3.26. The average Bonchev–Trinajstić information content (AvgIpc) is 2.97. The molecular weight excluding hydrogens is 312 g/mol. The molecule has 122 valence electrons. The molecule has 1 atom stereocenters. The number of aromatic amines is 1. The molecule has 4 heteroatoms. The number of benzene rings is 2. The van der Waals surface area contributed by atoms with Crippen LogP contribution in [0, 0.1) is 24.2 Å². The molecular formula is C21H16N2O2. The summed E-state index contributed by atoms with van der Waals surface area (Å²) < 4.78 is 0. The minimum Gasteiger partial charge on any atom is -0.358 e. The van der Waals surface area contributed by atoms with Crippen molar-refractivity contribution in [1.82, 2.24) is 4.98 Å². The lowest BCUT2D eigenvalue weighted by Crippen LogP contribution is -2.21. The van der Waals surface area contributed by atoms with Crippen molar-refractivity contribution < 1.29 is 9.59 Å². The molecule has 3 aromatic rings. The van der Waals surface area contributed by atoms with Crippen molar-refractivity contribution in [2.75, 3.05) is 0 Å². The summed E-state index contributed by atoms with van der Waals surface area (Å²) in [5.41, 5.74) is 2.71. The van der Waals surface area contributed by atoms with E-state index in [0.29, 0.717) is 11.3 Å². The van der Waals surface area contributed by atoms with Crippen LogP contribution < -0.4 is 0 Å². The molecule has 0 saturated heterocycles. The predicted molar refractivity (Wildman–Crippen MR) is 97.0 cm³/mol. The first-order valence-electron chi connectivity index (χ1n) is 7.90. The van der Waals surface area contributed by atoms with Crippen molar-refractivity contribution >= 4 is 28.5 Å². The number of hydrogen-bond donors (Lipinski definition) is 1. The van der Waals surface area contributed by atoms with Crippen LogP contribution in [0.5, 0.6) is 0 Å². The number of aryl methyl sites for hydroxylation is 1. The minimum absolute atomic E-state index is 0.406. The number of nitrogens with zero attached hydrogens (tertiary/aromatic N) is 1. The maximum absolute atomic E-state index is 12.8. The summed E-state index contributed by atoms with van der Waals surface area (Å²) in [6, 6.07) is 18.5. The van der Waals surface area contributed by atoms with Crippen LogP contribution in [0.2, 0.25) is 0 Å². The zero-order chi connectivity index (χ0) is 17.8. The van der Waals surface area contributed by atoms with E-state index in [-0.39, 0.29) is 0 Å². The highest BCUT2D eigenvalue weighted by Crippen LogP contribution is 2.25. The maximum Gasteiger partial charge on any atom is 0.190 e. The van der Waals surface area contributed by atoms with E-state index < -0.39 is 17.5 Å². The second-order valence-electron chi connectivity index (χ2n) is 5.74. The van der Waals surface area contributed by atoms with E-state index in [4.69, 9.17) is 0 Å². The van der Waals surface area contributed by atoms with Gasteiger partial charge in [0.15, 0.2) is 17.5 Å². The largest absolute Gasteiger partial charge is 0.358 e. The molecule has 1 heterocycles. The van der Waals surface area contributed by atoms with Crippen molar-refractivity contribution in [1.29, 1.82) is 5.26 Å². The molecule has 0 spiro atoms. The van der Waals surface area contributed by atoms with Gasteiger partial charge in [-0.15, -0.1) is 0 Å². The van der Waals surface area contributed by atoms with Crippen molar-refractivity contribution in [3.63, 3.8) is 0 Å². The second kappa shape index (κ2) is 6.98. The van der Waals surface area contributed by atoms with Gasteiger partial charge in [0.2, 0.25) is 0 Å². The number of carbonyl (C=O) groups excluding carboxylic acids is 2. The van der Waals surface area contributed by atoms with E-state index in [0.717, 1.165) is 16.5 Å². The Morgan fingerprint density at radius 2 is 1.76 bits per heavy atom. The van der Waals surface area contributed by atoms with Gasteiger partial charge in [0.1, 0.15) is 0 Å². The monoisotopic (exact) mass is 328 g/mol. The van der Waals surface area contributed by atoms with Crippen LogP contribution in [0.1, 0.15) is 21.6 Å². The Labute approximate surface area is 145 Å². The fourth-order valence-electron chi connectivity index (χ4n) is 2.83. The van der Waals surface area contributed by atoms with Crippen molar-refractivity contribution in [3.05, 3.63) is 77.5 Å². The minimum atomic E-state index is -1.35. The molecule has 1 aromatic heterocycles. The fraction of sp³-hybridized carbons (Fsp3) is 0.0952. The molecule has 25 heavy (non-hydrogen) atoms. The Kier molecular flexibility index (Phi) is 4.58. The van der Waals surface area contributed by atoms with Gasteiger partial charge in [0.05, 0.1) is 6.07 Å². The number of Topliss-reactive ketones (excluding diaryl/α,β-unsaturated/α-hetero) is 1. The van der Waals surface area contributed by atoms with Crippen molar-refractivity contribution in [2.24, 2.45) is 5.92 Å². The lowest BCUT2D eigenvalue weighted by atomic mass is 9.92. The normalized spacial score (nSPS) is 12.2. The van der Waals surface area contributed by atoms with Crippen molar-refractivity contribution in [3.8, 4) is 6.07 Å². The molecule has 0 amide bonds. The Hall–Kier alpha value is -3.45. The van der Waals surface area contributed by atoms with E-state index in [9.17, 15) is 14.9 Å². The van der Waals surface area contributed by atoms with Crippen LogP contribution in [-0.4, -0.2) is 16.6 Å². The first-order chi connectivity index (χ1) is 12.1. The van der Waals surface area contributed by atoms with Crippen LogP contribution in [0.3, 0.4) is 0 Å². The summed E-state index contributed by atoms with van der Waals surface area (Å²) in [6.45, 7) is 1.77. The van der Waals surface area contributed by atoms with Gasteiger partial charge in [0, 0.05) is 22.2 Å². The van der Waals surface area contributed by atoms with Crippen LogP contribution in [0.4, 0.5) is 0 Å². The molecule has 4 nitrogen and oxygen atoms in total.